The Morgan fingerprint density at radius 3 is 2.60 bits per heavy atom. The molecule has 2 aliphatic rings. The first-order valence-electron chi connectivity index (χ1n) is 10.1. The van der Waals surface area contributed by atoms with Gasteiger partial charge in [0.25, 0.3) is 0 Å². The van der Waals surface area contributed by atoms with Gasteiger partial charge < -0.3 is 4.90 Å². The summed E-state index contributed by atoms with van der Waals surface area (Å²) in [6, 6.07) is 6.70. The molecular weight excluding hydrogens is 463 g/mol. The summed E-state index contributed by atoms with van der Waals surface area (Å²) >= 11 is 13.9. The van der Waals surface area contributed by atoms with Gasteiger partial charge in [0, 0.05) is 35.5 Å². The topological polar surface area (TPSA) is 57.7 Å². The number of hydrogen-bond acceptors (Lipinski definition) is 4. The van der Waals surface area contributed by atoms with Crippen LogP contribution in [0.3, 0.4) is 0 Å². The molecule has 5 nitrogen and oxygen atoms in total. The van der Waals surface area contributed by atoms with Gasteiger partial charge in [-0.25, -0.2) is 8.42 Å². The molecule has 3 heterocycles. The lowest BCUT2D eigenvalue weighted by Crippen LogP contribution is -2.47. The summed E-state index contributed by atoms with van der Waals surface area (Å²) in [5, 5.41) is 2.58. The number of thiophene rings is 1. The Kier molecular flexibility index (Phi) is 6.47. The molecule has 1 atom stereocenters. The second-order valence-corrected chi connectivity index (χ2v) is 11.5. The van der Waals surface area contributed by atoms with Gasteiger partial charge in [-0.15, -0.1) is 11.3 Å². The summed E-state index contributed by atoms with van der Waals surface area (Å²) in [6.07, 6.45) is 2.81. The van der Waals surface area contributed by atoms with E-state index in [2.05, 4.69) is 18.4 Å². The molecule has 1 saturated heterocycles. The van der Waals surface area contributed by atoms with Gasteiger partial charge in [0.05, 0.1) is 11.1 Å². The summed E-state index contributed by atoms with van der Waals surface area (Å²) in [7, 11) is -3.74. The van der Waals surface area contributed by atoms with Crippen LogP contribution in [0.15, 0.2) is 34.5 Å². The standard InChI is InChI=1S/C21H24Cl2N2O3S2/c1-2-18-16-8-12-29-19(16)7-11-25(18)21(26)14-5-9-24(10-6-14)30(27,28)20-13-15(22)3-4-17(20)23/h3-4,8,12-14,18H,2,5-7,9-11H2,1H3/t18-/m1/s1. The number of hydrogen-bond donors (Lipinski definition) is 0. The zero-order chi connectivity index (χ0) is 21.5. The van der Waals surface area contributed by atoms with E-state index in [0.717, 1.165) is 19.4 Å². The van der Waals surface area contributed by atoms with Crippen LogP contribution in [-0.2, 0) is 21.2 Å². The molecule has 1 aromatic carbocycles. The van der Waals surface area contributed by atoms with Crippen molar-refractivity contribution in [1.29, 1.82) is 0 Å². The van der Waals surface area contributed by atoms with E-state index in [9.17, 15) is 13.2 Å². The SMILES string of the molecule is CC[C@@H]1c2ccsc2CCN1C(=O)C1CCN(S(=O)(=O)c2cc(Cl)ccc2Cl)CC1. The first-order valence-corrected chi connectivity index (χ1v) is 13.2. The molecule has 2 aromatic rings. The third-order valence-electron chi connectivity index (χ3n) is 6.08. The fourth-order valence-corrected chi connectivity index (χ4v) is 7.63. The number of piperidine rings is 1. The molecule has 9 heteroatoms. The molecule has 4 rings (SSSR count). The second kappa shape index (κ2) is 8.79. The molecule has 0 unspecified atom stereocenters. The summed E-state index contributed by atoms with van der Waals surface area (Å²) in [5.41, 5.74) is 1.28. The largest absolute Gasteiger partial charge is 0.335 e. The lowest BCUT2D eigenvalue weighted by Gasteiger charge is -2.39. The minimum Gasteiger partial charge on any atom is -0.335 e. The van der Waals surface area contributed by atoms with Gasteiger partial charge in [0.15, 0.2) is 0 Å². The van der Waals surface area contributed by atoms with Crippen LogP contribution in [0.5, 0.6) is 0 Å². The molecule has 30 heavy (non-hydrogen) atoms. The van der Waals surface area contributed by atoms with Crippen LogP contribution in [0.2, 0.25) is 10.0 Å². The van der Waals surface area contributed by atoms with Crippen molar-refractivity contribution in [1.82, 2.24) is 9.21 Å². The zero-order valence-electron chi connectivity index (χ0n) is 16.7. The van der Waals surface area contributed by atoms with E-state index in [4.69, 9.17) is 23.2 Å². The van der Waals surface area contributed by atoms with Crippen molar-refractivity contribution < 1.29 is 13.2 Å². The average molecular weight is 487 g/mol. The fourth-order valence-electron chi connectivity index (χ4n) is 4.49. The van der Waals surface area contributed by atoms with Gasteiger partial charge in [0.1, 0.15) is 4.90 Å². The number of amides is 1. The molecule has 0 aliphatic carbocycles. The Hall–Kier alpha value is -1.12. The first kappa shape index (κ1) is 22.1. The van der Waals surface area contributed by atoms with E-state index in [1.807, 2.05) is 4.90 Å². The Bertz CT molecular complexity index is 1050. The van der Waals surface area contributed by atoms with Crippen LogP contribution in [0.1, 0.15) is 42.7 Å². The highest BCUT2D eigenvalue weighted by Crippen LogP contribution is 2.37. The molecule has 0 N–H and O–H groups in total. The van der Waals surface area contributed by atoms with Gasteiger partial charge in [-0.3, -0.25) is 4.79 Å². The number of rotatable bonds is 4. The molecule has 0 bridgehead atoms. The van der Waals surface area contributed by atoms with Crippen molar-refractivity contribution in [3.05, 3.63) is 50.1 Å². The van der Waals surface area contributed by atoms with Crippen molar-refractivity contribution >= 4 is 50.5 Å². The highest BCUT2D eigenvalue weighted by molar-refractivity contribution is 7.89. The third kappa shape index (κ3) is 4.02. The van der Waals surface area contributed by atoms with E-state index in [1.54, 1.807) is 17.4 Å². The lowest BCUT2D eigenvalue weighted by molar-refractivity contribution is -0.139. The predicted octanol–water partition coefficient (Wildman–Crippen LogP) is 4.99. The number of fused-ring (bicyclic) bond motifs is 1. The molecular formula is C21H24Cl2N2O3S2. The Morgan fingerprint density at radius 2 is 1.90 bits per heavy atom. The number of carbonyl (C=O) groups excluding carboxylic acids is 1. The van der Waals surface area contributed by atoms with E-state index < -0.39 is 10.0 Å². The summed E-state index contributed by atoms with van der Waals surface area (Å²) in [4.78, 5) is 16.7. The number of benzene rings is 1. The van der Waals surface area contributed by atoms with Crippen molar-refractivity contribution in [3.63, 3.8) is 0 Å². The Balaban J connectivity index is 1.46. The maximum Gasteiger partial charge on any atom is 0.244 e. The van der Waals surface area contributed by atoms with Crippen molar-refractivity contribution in [2.45, 2.75) is 43.5 Å². The monoisotopic (exact) mass is 486 g/mol. The van der Waals surface area contributed by atoms with Crippen LogP contribution < -0.4 is 0 Å². The molecule has 162 valence electrons. The Labute approximate surface area is 191 Å². The lowest BCUT2D eigenvalue weighted by atomic mass is 9.92. The van der Waals surface area contributed by atoms with Gasteiger partial charge in [-0.05, 0) is 60.9 Å². The average Bonchev–Trinajstić information content (AvgIpc) is 3.23. The molecule has 0 radical (unpaired) electrons. The van der Waals surface area contributed by atoms with Gasteiger partial charge in [0.2, 0.25) is 15.9 Å². The van der Waals surface area contributed by atoms with Crippen LogP contribution in [0.25, 0.3) is 0 Å². The molecule has 1 fully saturated rings. The maximum atomic E-state index is 13.3. The van der Waals surface area contributed by atoms with Crippen LogP contribution in [0, 0.1) is 5.92 Å². The zero-order valence-corrected chi connectivity index (χ0v) is 19.8. The van der Waals surface area contributed by atoms with Gasteiger partial charge in [-0.1, -0.05) is 30.1 Å². The van der Waals surface area contributed by atoms with Gasteiger partial charge >= 0.3 is 0 Å². The highest BCUT2D eigenvalue weighted by atomic mass is 35.5. The Morgan fingerprint density at radius 1 is 1.17 bits per heavy atom. The van der Waals surface area contributed by atoms with Crippen LogP contribution in [-0.4, -0.2) is 43.2 Å². The normalized spacial score (nSPS) is 20.9. The number of nitrogens with zero attached hydrogens (tertiary/aromatic N) is 2. The van der Waals surface area contributed by atoms with Crippen LogP contribution in [0.4, 0.5) is 0 Å². The smallest absolute Gasteiger partial charge is 0.244 e. The van der Waals surface area contributed by atoms with Crippen molar-refractivity contribution in [3.8, 4) is 0 Å². The molecule has 1 amide bonds. The summed E-state index contributed by atoms with van der Waals surface area (Å²) < 4.78 is 27.5. The molecule has 0 spiro atoms. The molecule has 0 saturated carbocycles. The molecule has 1 aromatic heterocycles. The van der Waals surface area contributed by atoms with Crippen molar-refractivity contribution in [2.75, 3.05) is 19.6 Å². The quantitative estimate of drug-likeness (QED) is 0.611. The second-order valence-electron chi connectivity index (χ2n) is 7.76. The maximum absolute atomic E-state index is 13.3. The van der Waals surface area contributed by atoms with E-state index >= 15 is 0 Å². The molecule has 2 aliphatic heterocycles. The predicted molar refractivity (Wildman–Crippen MR) is 121 cm³/mol. The summed E-state index contributed by atoms with van der Waals surface area (Å²) in [6.45, 7) is 3.45. The number of halogens is 2. The fraction of sp³-hybridized carbons (Fsp3) is 0.476. The minimum atomic E-state index is -3.74. The minimum absolute atomic E-state index is 0.0218. The number of carbonyl (C=O) groups is 1. The van der Waals surface area contributed by atoms with Gasteiger partial charge in [-0.2, -0.15) is 4.31 Å². The van der Waals surface area contributed by atoms with E-state index in [1.165, 1.54) is 26.9 Å². The van der Waals surface area contributed by atoms with E-state index in [0.29, 0.717) is 31.0 Å². The van der Waals surface area contributed by atoms with Crippen LogP contribution >= 0.6 is 34.5 Å². The third-order valence-corrected chi connectivity index (χ3v) is 9.69. The summed E-state index contributed by atoms with van der Waals surface area (Å²) in [5.74, 6) is -0.00273. The van der Waals surface area contributed by atoms with Crippen molar-refractivity contribution in [2.24, 2.45) is 5.92 Å². The first-order chi connectivity index (χ1) is 14.3. The highest BCUT2D eigenvalue weighted by Gasteiger charge is 2.38. The van der Waals surface area contributed by atoms with E-state index in [-0.39, 0.29) is 27.8 Å². The number of sulfonamides is 1.